The molecule has 1 aromatic heterocycles. The van der Waals surface area contributed by atoms with E-state index in [1.165, 1.54) is 0 Å². The van der Waals surface area contributed by atoms with Crippen molar-refractivity contribution < 1.29 is 10.0 Å². The molecule has 0 aliphatic heterocycles. The van der Waals surface area contributed by atoms with Crippen molar-refractivity contribution >= 4 is 12.6 Å². The lowest BCUT2D eigenvalue weighted by Crippen LogP contribution is -2.32. The molecular weight excluding hydrogens is 203 g/mol. The van der Waals surface area contributed by atoms with Gasteiger partial charge in [0, 0.05) is 18.1 Å². The molecule has 0 atom stereocenters. The van der Waals surface area contributed by atoms with Crippen molar-refractivity contribution in [3.8, 4) is 11.8 Å². The summed E-state index contributed by atoms with van der Waals surface area (Å²) in [4.78, 5) is 0. The summed E-state index contributed by atoms with van der Waals surface area (Å²) in [6.45, 7) is 0. The Hall–Kier alpha value is -2.03. The van der Waals surface area contributed by atoms with Crippen LogP contribution in [0.3, 0.4) is 0 Å². The van der Waals surface area contributed by atoms with Gasteiger partial charge in [-0.3, -0.25) is 0 Å². The number of benzene rings is 1. The standard InChI is InChI=1S/C11H9BN2O2/c13-8-9-7-10(14-5-1-2-6-14)3-4-11(9)12(15)16/h1-7,15-16H. The van der Waals surface area contributed by atoms with Gasteiger partial charge in [-0.2, -0.15) is 5.26 Å². The van der Waals surface area contributed by atoms with E-state index < -0.39 is 7.12 Å². The summed E-state index contributed by atoms with van der Waals surface area (Å²) in [7, 11) is -1.62. The smallest absolute Gasteiger partial charge is 0.423 e. The van der Waals surface area contributed by atoms with Crippen molar-refractivity contribution in [2.75, 3.05) is 0 Å². The second kappa shape index (κ2) is 4.23. The maximum atomic E-state index is 9.05. The fourth-order valence-electron chi connectivity index (χ4n) is 1.53. The van der Waals surface area contributed by atoms with Gasteiger partial charge in [0.2, 0.25) is 0 Å². The van der Waals surface area contributed by atoms with Gasteiger partial charge in [-0.05, 0) is 29.7 Å². The first-order chi connectivity index (χ1) is 7.72. The van der Waals surface area contributed by atoms with Crippen LogP contribution in [0.4, 0.5) is 0 Å². The van der Waals surface area contributed by atoms with Crippen molar-refractivity contribution in [3.05, 3.63) is 48.3 Å². The Kier molecular flexibility index (Phi) is 2.77. The van der Waals surface area contributed by atoms with E-state index in [9.17, 15) is 0 Å². The molecule has 4 nitrogen and oxygen atoms in total. The largest absolute Gasteiger partial charge is 0.489 e. The lowest BCUT2D eigenvalue weighted by molar-refractivity contribution is 0.425. The lowest BCUT2D eigenvalue weighted by atomic mass is 9.77. The third kappa shape index (κ3) is 1.84. The molecule has 0 aliphatic rings. The maximum Gasteiger partial charge on any atom is 0.489 e. The highest BCUT2D eigenvalue weighted by atomic mass is 16.4. The third-order valence-corrected chi connectivity index (χ3v) is 2.34. The molecular formula is C11H9BN2O2. The predicted molar refractivity (Wildman–Crippen MR) is 60.3 cm³/mol. The van der Waals surface area contributed by atoms with Gasteiger partial charge in [-0.15, -0.1) is 0 Å². The van der Waals surface area contributed by atoms with Crippen LogP contribution in [0.5, 0.6) is 0 Å². The van der Waals surface area contributed by atoms with Gasteiger partial charge in [-0.25, -0.2) is 0 Å². The van der Waals surface area contributed by atoms with E-state index in [-0.39, 0.29) is 11.0 Å². The van der Waals surface area contributed by atoms with Crippen LogP contribution >= 0.6 is 0 Å². The van der Waals surface area contributed by atoms with Crippen LogP contribution in [0.15, 0.2) is 42.7 Å². The lowest BCUT2D eigenvalue weighted by Gasteiger charge is -2.07. The number of nitrogens with zero attached hydrogens (tertiary/aromatic N) is 2. The van der Waals surface area contributed by atoms with Gasteiger partial charge in [0.05, 0.1) is 11.6 Å². The molecule has 0 spiro atoms. The summed E-state index contributed by atoms with van der Waals surface area (Å²) in [5, 5.41) is 27.0. The molecule has 2 N–H and O–H groups in total. The number of aromatic nitrogens is 1. The summed E-state index contributed by atoms with van der Waals surface area (Å²) in [6, 6.07) is 10.6. The fourth-order valence-corrected chi connectivity index (χ4v) is 1.53. The first kappa shape index (κ1) is 10.5. The van der Waals surface area contributed by atoms with Crippen molar-refractivity contribution in [2.45, 2.75) is 0 Å². The molecule has 1 heterocycles. The molecule has 1 aromatic carbocycles. The monoisotopic (exact) mass is 212 g/mol. The van der Waals surface area contributed by atoms with E-state index in [0.717, 1.165) is 5.69 Å². The van der Waals surface area contributed by atoms with Gasteiger partial charge in [-0.1, -0.05) is 6.07 Å². The summed E-state index contributed by atoms with van der Waals surface area (Å²) >= 11 is 0. The van der Waals surface area contributed by atoms with Crippen molar-refractivity contribution in [1.82, 2.24) is 4.57 Å². The average molecular weight is 212 g/mol. The van der Waals surface area contributed by atoms with Crippen LogP contribution in [0, 0.1) is 11.3 Å². The van der Waals surface area contributed by atoms with Crippen LogP contribution in [0.1, 0.15) is 5.56 Å². The van der Waals surface area contributed by atoms with E-state index in [1.54, 1.807) is 18.2 Å². The van der Waals surface area contributed by atoms with Crippen molar-refractivity contribution in [1.29, 1.82) is 5.26 Å². The Labute approximate surface area is 93.1 Å². The number of hydrogen-bond acceptors (Lipinski definition) is 3. The summed E-state index contributed by atoms with van der Waals surface area (Å²) < 4.78 is 1.84. The summed E-state index contributed by atoms with van der Waals surface area (Å²) in [6.07, 6.45) is 3.71. The van der Waals surface area contributed by atoms with E-state index >= 15 is 0 Å². The summed E-state index contributed by atoms with van der Waals surface area (Å²) in [5.74, 6) is 0. The van der Waals surface area contributed by atoms with E-state index in [2.05, 4.69) is 0 Å². The molecule has 5 heteroatoms. The van der Waals surface area contributed by atoms with Crippen LogP contribution < -0.4 is 5.46 Å². The molecule has 16 heavy (non-hydrogen) atoms. The fraction of sp³-hybridized carbons (Fsp3) is 0. The van der Waals surface area contributed by atoms with Gasteiger partial charge >= 0.3 is 7.12 Å². The Morgan fingerprint density at radius 1 is 1.19 bits per heavy atom. The van der Waals surface area contributed by atoms with Crippen LogP contribution in [0.2, 0.25) is 0 Å². The number of hydrogen-bond donors (Lipinski definition) is 2. The highest BCUT2D eigenvalue weighted by Gasteiger charge is 2.16. The zero-order valence-corrected chi connectivity index (χ0v) is 8.41. The molecule has 0 bridgehead atoms. The molecule has 0 saturated carbocycles. The van der Waals surface area contributed by atoms with Gasteiger partial charge < -0.3 is 14.6 Å². The molecule has 2 rings (SSSR count). The van der Waals surface area contributed by atoms with Gasteiger partial charge in [0.1, 0.15) is 0 Å². The zero-order valence-electron chi connectivity index (χ0n) is 8.41. The third-order valence-electron chi connectivity index (χ3n) is 2.34. The Balaban J connectivity index is 2.50. The highest BCUT2D eigenvalue weighted by Crippen LogP contribution is 2.09. The van der Waals surface area contributed by atoms with Crippen molar-refractivity contribution in [2.24, 2.45) is 0 Å². The van der Waals surface area contributed by atoms with Crippen LogP contribution in [0.25, 0.3) is 5.69 Å². The second-order valence-corrected chi connectivity index (χ2v) is 3.35. The van der Waals surface area contributed by atoms with E-state index in [4.69, 9.17) is 15.3 Å². The zero-order chi connectivity index (χ0) is 11.5. The van der Waals surface area contributed by atoms with E-state index in [1.807, 2.05) is 35.2 Å². The topological polar surface area (TPSA) is 69.2 Å². The molecule has 0 saturated heterocycles. The molecule has 2 aromatic rings. The minimum Gasteiger partial charge on any atom is -0.423 e. The molecule has 0 unspecified atom stereocenters. The normalized spacial score (nSPS) is 9.81. The first-order valence-corrected chi connectivity index (χ1v) is 4.76. The quantitative estimate of drug-likeness (QED) is 0.690. The Morgan fingerprint density at radius 3 is 2.44 bits per heavy atom. The average Bonchev–Trinajstić information content (AvgIpc) is 2.81. The number of nitriles is 1. The maximum absolute atomic E-state index is 9.05. The molecule has 0 fully saturated rings. The Bertz CT molecular complexity index is 529. The van der Waals surface area contributed by atoms with Crippen LogP contribution in [-0.2, 0) is 0 Å². The van der Waals surface area contributed by atoms with Crippen LogP contribution in [-0.4, -0.2) is 21.7 Å². The minimum absolute atomic E-state index is 0.221. The Morgan fingerprint density at radius 2 is 1.88 bits per heavy atom. The molecule has 0 radical (unpaired) electrons. The minimum atomic E-state index is -1.62. The predicted octanol–water partition coefficient (Wildman–Crippen LogP) is 0.0288. The molecule has 0 aliphatic carbocycles. The number of rotatable bonds is 2. The van der Waals surface area contributed by atoms with E-state index in [0.29, 0.717) is 0 Å². The summed E-state index contributed by atoms with van der Waals surface area (Å²) in [5.41, 5.74) is 1.30. The second-order valence-electron chi connectivity index (χ2n) is 3.35. The SMILES string of the molecule is N#Cc1cc(-n2cccc2)ccc1B(O)O. The first-order valence-electron chi connectivity index (χ1n) is 4.76. The highest BCUT2D eigenvalue weighted by molar-refractivity contribution is 6.59. The van der Waals surface area contributed by atoms with Gasteiger partial charge in [0.15, 0.2) is 0 Å². The van der Waals surface area contributed by atoms with Crippen molar-refractivity contribution in [3.63, 3.8) is 0 Å². The van der Waals surface area contributed by atoms with Gasteiger partial charge in [0.25, 0.3) is 0 Å². The molecule has 78 valence electrons. The molecule has 0 amide bonds.